The SMILES string of the molecule is O=[N+]([O-])n1cc(Cl)cn1. The number of nitrogens with zero attached hydrogens (tertiary/aromatic N) is 3. The van der Waals surface area contributed by atoms with Gasteiger partial charge in [0.2, 0.25) is 0 Å². The first-order valence-electron chi connectivity index (χ1n) is 2.05. The van der Waals surface area contributed by atoms with Gasteiger partial charge in [0.25, 0.3) is 0 Å². The van der Waals surface area contributed by atoms with Crippen molar-refractivity contribution in [3.05, 3.63) is 27.5 Å². The molecule has 0 atom stereocenters. The van der Waals surface area contributed by atoms with Gasteiger partial charge < -0.3 is 10.1 Å². The Balaban J connectivity index is 2.98. The van der Waals surface area contributed by atoms with E-state index in [4.69, 9.17) is 11.6 Å². The van der Waals surface area contributed by atoms with Crippen molar-refractivity contribution in [2.45, 2.75) is 0 Å². The van der Waals surface area contributed by atoms with Gasteiger partial charge in [0.15, 0.2) is 6.20 Å². The van der Waals surface area contributed by atoms with E-state index in [1.165, 1.54) is 6.20 Å². The topological polar surface area (TPSA) is 61.0 Å². The molecular formula is C3H2ClN3O2. The smallest absolute Gasteiger partial charge is 0.186 e. The van der Waals surface area contributed by atoms with E-state index in [0.717, 1.165) is 6.20 Å². The molecule has 0 N–H and O–H groups in total. The van der Waals surface area contributed by atoms with Gasteiger partial charge >= 0.3 is 0 Å². The molecule has 1 aromatic heterocycles. The summed E-state index contributed by atoms with van der Waals surface area (Å²) in [5.41, 5.74) is 0. The Kier molecular flexibility index (Phi) is 1.35. The first kappa shape index (κ1) is 6.03. The molecule has 1 heterocycles. The summed E-state index contributed by atoms with van der Waals surface area (Å²) < 4.78 is 0. The normalized spacial score (nSPS) is 9.44. The number of hydrogen-bond donors (Lipinski definition) is 0. The van der Waals surface area contributed by atoms with E-state index in [1.807, 2.05) is 0 Å². The molecule has 6 heteroatoms. The summed E-state index contributed by atoms with van der Waals surface area (Å²) in [6.45, 7) is 0. The molecule has 0 unspecified atom stereocenters. The van der Waals surface area contributed by atoms with Crippen molar-refractivity contribution in [1.29, 1.82) is 0 Å². The average molecular weight is 148 g/mol. The van der Waals surface area contributed by atoms with E-state index in [-0.39, 0.29) is 5.02 Å². The van der Waals surface area contributed by atoms with Crippen LogP contribution in [0.3, 0.4) is 0 Å². The zero-order valence-corrected chi connectivity index (χ0v) is 4.95. The van der Waals surface area contributed by atoms with Crippen molar-refractivity contribution in [2.24, 2.45) is 0 Å². The molecule has 1 rings (SSSR count). The second kappa shape index (κ2) is 2.02. The van der Waals surface area contributed by atoms with Crippen LogP contribution in [0.2, 0.25) is 5.02 Å². The van der Waals surface area contributed by atoms with Crippen molar-refractivity contribution < 1.29 is 5.03 Å². The molecule has 0 bridgehead atoms. The van der Waals surface area contributed by atoms with Gasteiger partial charge in [-0.25, -0.2) is 0 Å². The summed E-state index contributed by atoms with van der Waals surface area (Å²) in [5.74, 6) is 0. The van der Waals surface area contributed by atoms with Gasteiger partial charge in [-0.15, -0.1) is 0 Å². The first-order chi connectivity index (χ1) is 4.20. The van der Waals surface area contributed by atoms with Crippen molar-refractivity contribution in [1.82, 2.24) is 9.89 Å². The molecule has 0 aliphatic heterocycles. The zero-order chi connectivity index (χ0) is 6.85. The maximum Gasteiger partial charge on any atom is 0.186 e. The summed E-state index contributed by atoms with van der Waals surface area (Å²) in [4.78, 5) is 10.4. The molecule has 48 valence electrons. The Morgan fingerprint density at radius 1 is 1.89 bits per heavy atom. The predicted octanol–water partition coefficient (Wildman–Crippen LogP) is 0.576. The maximum atomic E-state index is 9.86. The lowest BCUT2D eigenvalue weighted by atomic mass is 10.7. The molecule has 5 nitrogen and oxygen atoms in total. The minimum absolute atomic E-state index is 0.256. The van der Waals surface area contributed by atoms with Gasteiger partial charge in [-0.05, 0) is 0 Å². The third-order valence-corrected chi connectivity index (χ3v) is 0.901. The highest BCUT2D eigenvalue weighted by Gasteiger charge is 2.02. The third-order valence-electron chi connectivity index (χ3n) is 0.705. The number of rotatable bonds is 1. The highest BCUT2D eigenvalue weighted by Crippen LogP contribution is 2.03. The van der Waals surface area contributed by atoms with Crippen LogP contribution in [0.5, 0.6) is 0 Å². The van der Waals surface area contributed by atoms with Crippen molar-refractivity contribution in [3.63, 3.8) is 0 Å². The lowest BCUT2D eigenvalue weighted by Gasteiger charge is -1.86. The van der Waals surface area contributed by atoms with Crippen molar-refractivity contribution in [3.8, 4) is 0 Å². The molecule has 0 amide bonds. The summed E-state index contributed by atoms with van der Waals surface area (Å²) in [6.07, 6.45) is 2.31. The fourth-order valence-electron chi connectivity index (χ4n) is 0.381. The van der Waals surface area contributed by atoms with Crippen LogP contribution in [0.1, 0.15) is 0 Å². The largest absolute Gasteiger partial charge is 0.339 e. The van der Waals surface area contributed by atoms with Gasteiger partial charge in [-0.2, -0.15) is 0 Å². The Hall–Kier alpha value is -1.10. The Morgan fingerprint density at radius 3 is 2.78 bits per heavy atom. The molecule has 0 spiro atoms. The van der Waals surface area contributed by atoms with Crippen LogP contribution in [0.25, 0.3) is 0 Å². The third kappa shape index (κ3) is 1.17. The van der Waals surface area contributed by atoms with Gasteiger partial charge in [0.05, 0.1) is 5.03 Å². The van der Waals surface area contributed by atoms with Gasteiger partial charge in [-0.3, -0.25) is 0 Å². The summed E-state index contributed by atoms with van der Waals surface area (Å²) in [6, 6.07) is 0. The number of aromatic nitrogens is 2. The molecule has 0 aliphatic carbocycles. The molecule has 9 heavy (non-hydrogen) atoms. The lowest BCUT2D eigenvalue weighted by Crippen LogP contribution is -2.07. The summed E-state index contributed by atoms with van der Waals surface area (Å²) in [5, 5.41) is 12.7. The quantitative estimate of drug-likeness (QED) is 0.431. The lowest BCUT2D eigenvalue weighted by molar-refractivity contribution is -0.552. The molecule has 0 saturated carbocycles. The monoisotopic (exact) mass is 147 g/mol. The number of nitro groups is 1. The van der Waals surface area contributed by atoms with Crippen LogP contribution < -0.4 is 0 Å². The highest BCUT2D eigenvalue weighted by molar-refractivity contribution is 6.30. The van der Waals surface area contributed by atoms with Crippen molar-refractivity contribution in [2.75, 3.05) is 0 Å². The Bertz CT molecular complexity index is 233. The van der Waals surface area contributed by atoms with E-state index < -0.39 is 5.03 Å². The minimum atomic E-state index is -0.675. The molecular weight excluding hydrogens is 146 g/mol. The van der Waals surface area contributed by atoms with Crippen LogP contribution in [0.4, 0.5) is 0 Å². The second-order valence-electron chi connectivity index (χ2n) is 1.32. The minimum Gasteiger partial charge on any atom is -0.339 e. The summed E-state index contributed by atoms with van der Waals surface area (Å²) in [7, 11) is 0. The van der Waals surface area contributed by atoms with E-state index in [0.29, 0.717) is 4.79 Å². The average Bonchev–Trinajstić information content (AvgIpc) is 2.14. The molecule has 0 aromatic carbocycles. The molecule has 0 aliphatic rings. The van der Waals surface area contributed by atoms with E-state index >= 15 is 0 Å². The molecule has 0 fully saturated rings. The molecule has 0 radical (unpaired) electrons. The standard InChI is InChI=1S/C3H2ClN3O2/c4-3-1-5-6(2-3)7(8)9/h1-2H. The van der Waals surface area contributed by atoms with E-state index in [2.05, 4.69) is 5.10 Å². The molecule has 1 aromatic rings. The van der Waals surface area contributed by atoms with E-state index in [1.54, 1.807) is 0 Å². The van der Waals surface area contributed by atoms with Crippen LogP contribution in [0.15, 0.2) is 12.4 Å². The summed E-state index contributed by atoms with van der Waals surface area (Å²) >= 11 is 5.32. The first-order valence-corrected chi connectivity index (χ1v) is 2.43. The second-order valence-corrected chi connectivity index (χ2v) is 1.75. The number of hydrogen-bond acceptors (Lipinski definition) is 3. The number of halogens is 1. The van der Waals surface area contributed by atoms with E-state index in [9.17, 15) is 10.1 Å². The van der Waals surface area contributed by atoms with Gasteiger partial charge in [0.1, 0.15) is 11.2 Å². The highest BCUT2D eigenvalue weighted by atomic mass is 35.5. The van der Waals surface area contributed by atoms with Gasteiger partial charge in [-0.1, -0.05) is 11.6 Å². The van der Waals surface area contributed by atoms with Crippen LogP contribution in [-0.4, -0.2) is 14.9 Å². The van der Waals surface area contributed by atoms with Gasteiger partial charge in [0, 0.05) is 9.89 Å². The Morgan fingerprint density at radius 2 is 2.56 bits per heavy atom. The molecule has 0 saturated heterocycles. The maximum absolute atomic E-state index is 9.86. The zero-order valence-electron chi connectivity index (χ0n) is 4.19. The fraction of sp³-hybridized carbons (Fsp3) is 0. The van der Waals surface area contributed by atoms with Crippen LogP contribution in [-0.2, 0) is 0 Å². The van der Waals surface area contributed by atoms with Crippen LogP contribution in [0, 0.1) is 10.1 Å². The Labute approximate surface area is 55.0 Å². The predicted molar refractivity (Wildman–Crippen MR) is 29.6 cm³/mol. The van der Waals surface area contributed by atoms with Crippen LogP contribution >= 0.6 is 11.6 Å². The fourth-order valence-corrected chi connectivity index (χ4v) is 0.512. The van der Waals surface area contributed by atoms with Crippen molar-refractivity contribution >= 4 is 11.6 Å².